The van der Waals surface area contributed by atoms with Gasteiger partial charge in [-0.15, -0.1) is 0 Å². The SMILES string of the molecule is CCCCC/C=C\C/C=C\C/C=C\C/C=C\CCCC(=O)OC[C@H](COP(=O)(O)OC[C@H](O)COP(=O)(O)OC[C@@H](COC(=O)CCCCCCC/C=C\C=C/CCCCCC)OC(=O)CCCCCCC/C=C\CCCCCC)OC(=O)CCCCCCC/C=C\CCCCCC. The lowest BCUT2D eigenvalue weighted by Crippen LogP contribution is -2.30. The summed E-state index contributed by atoms with van der Waals surface area (Å²) in [5.41, 5.74) is 0. The quantitative estimate of drug-likeness (QED) is 0.0128. The Morgan fingerprint density at radius 2 is 0.541 bits per heavy atom. The number of unbranched alkanes of at least 4 members (excludes halogenated alkanes) is 31. The largest absolute Gasteiger partial charge is 0.472 e. The van der Waals surface area contributed by atoms with Gasteiger partial charge in [-0.25, -0.2) is 9.13 Å². The predicted molar refractivity (Wildman–Crippen MR) is 399 cm³/mol. The molecule has 0 fully saturated rings. The number of hydrogen-bond acceptors (Lipinski definition) is 15. The van der Waals surface area contributed by atoms with Gasteiger partial charge in [0, 0.05) is 25.7 Å². The fourth-order valence-corrected chi connectivity index (χ4v) is 11.7. The summed E-state index contributed by atoms with van der Waals surface area (Å²) in [6.07, 6.45) is 74.0. The van der Waals surface area contributed by atoms with Crippen LogP contribution in [0, 0.1) is 0 Å². The minimum absolute atomic E-state index is 0.0730. The maximum absolute atomic E-state index is 13.1. The normalized spacial score (nSPS) is 14.5. The minimum Gasteiger partial charge on any atom is -0.462 e. The number of esters is 4. The molecule has 0 amide bonds. The van der Waals surface area contributed by atoms with E-state index in [1.54, 1.807) is 0 Å². The van der Waals surface area contributed by atoms with Gasteiger partial charge in [0.1, 0.15) is 19.3 Å². The molecule has 19 heteroatoms. The van der Waals surface area contributed by atoms with Crippen molar-refractivity contribution < 1.29 is 80.2 Å². The fourth-order valence-electron chi connectivity index (χ4n) is 10.1. The highest BCUT2D eigenvalue weighted by molar-refractivity contribution is 7.47. The van der Waals surface area contributed by atoms with Crippen molar-refractivity contribution in [2.45, 2.75) is 341 Å². The second kappa shape index (κ2) is 71.4. The van der Waals surface area contributed by atoms with Gasteiger partial charge in [0.2, 0.25) is 0 Å². The Labute approximate surface area is 595 Å². The zero-order valence-corrected chi connectivity index (χ0v) is 63.5. The molecule has 0 aromatic rings. The Balaban J connectivity index is 5.40. The first-order chi connectivity index (χ1) is 47.7. The lowest BCUT2D eigenvalue weighted by Gasteiger charge is -2.21. The molecule has 98 heavy (non-hydrogen) atoms. The van der Waals surface area contributed by atoms with Crippen LogP contribution in [0.5, 0.6) is 0 Å². The van der Waals surface area contributed by atoms with Crippen molar-refractivity contribution >= 4 is 39.5 Å². The van der Waals surface area contributed by atoms with Gasteiger partial charge in [-0.05, 0) is 141 Å². The third kappa shape index (κ3) is 70.4. The van der Waals surface area contributed by atoms with Crippen LogP contribution in [-0.4, -0.2) is 96.7 Å². The van der Waals surface area contributed by atoms with Crippen LogP contribution in [0.2, 0.25) is 0 Å². The maximum atomic E-state index is 13.1. The molecule has 0 aliphatic heterocycles. The molecule has 17 nitrogen and oxygen atoms in total. The highest BCUT2D eigenvalue weighted by atomic mass is 31.2. The fraction of sp³-hybridized carbons (Fsp3) is 0.747. The Hall–Kier alpha value is -4.02. The number of ether oxygens (including phenoxy) is 4. The molecule has 0 bridgehead atoms. The van der Waals surface area contributed by atoms with E-state index >= 15 is 0 Å². The van der Waals surface area contributed by atoms with E-state index in [0.717, 1.165) is 141 Å². The van der Waals surface area contributed by atoms with E-state index < -0.39 is 97.5 Å². The van der Waals surface area contributed by atoms with Gasteiger partial charge in [-0.3, -0.25) is 37.3 Å². The molecule has 3 N–H and O–H groups in total. The van der Waals surface area contributed by atoms with Gasteiger partial charge >= 0.3 is 39.5 Å². The van der Waals surface area contributed by atoms with Crippen LogP contribution in [-0.2, 0) is 65.4 Å². The topological polar surface area (TPSA) is 237 Å². The monoisotopic (exact) mass is 1420 g/mol. The van der Waals surface area contributed by atoms with Crippen molar-refractivity contribution in [1.29, 1.82) is 0 Å². The number of carbonyl (C=O) groups excluding carboxylic acids is 4. The standard InChI is InChI=1S/C79H138O17P2/c1-5-9-13-17-21-25-29-33-35-36-38-42-44-48-52-56-60-64-77(82)90-70-75(96-79(84)66-62-58-54-50-46-40-32-28-24-20-16-12-8-4)72-94-98(87,88)92-68-73(80)67-91-97(85,86)93-71-74(95-78(83)65-61-57-53-49-45-39-31-27-23-19-15-11-7-3)69-89-76(81)63-59-55-51-47-43-41-37-34-30-26-22-18-14-10-6-2/h21,25-28,30-35,37-38,42,48,52,73-75,80H,5-20,22-24,29,36,39-41,43-47,49-51,53-72H2,1-4H3,(H,85,86)(H,87,88)/b25-21-,30-26-,31-27-,32-28-,35-33-,37-34-,42-38-,52-48-/t73-,74-,75-/m1/s1. The average Bonchev–Trinajstić information content (AvgIpc) is 0.969. The molecule has 0 spiro atoms. The van der Waals surface area contributed by atoms with Gasteiger partial charge in [0.05, 0.1) is 26.4 Å². The molecule has 566 valence electrons. The van der Waals surface area contributed by atoms with Gasteiger partial charge in [-0.2, -0.15) is 0 Å². The van der Waals surface area contributed by atoms with Crippen molar-refractivity contribution in [3.05, 3.63) is 97.2 Å². The number of allylic oxidation sites excluding steroid dienone is 16. The lowest BCUT2D eigenvalue weighted by atomic mass is 10.1. The molecule has 0 saturated heterocycles. The first kappa shape index (κ1) is 94.0. The molecule has 0 rings (SSSR count). The zero-order chi connectivity index (χ0) is 71.8. The number of phosphoric acid groups is 2. The van der Waals surface area contributed by atoms with E-state index in [1.165, 1.54) is 96.3 Å². The van der Waals surface area contributed by atoms with E-state index in [-0.39, 0.29) is 25.7 Å². The van der Waals surface area contributed by atoms with Gasteiger partial charge in [-0.1, -0.05) is 253 Å². The first-order valence-electron chi connectivity index (χ1n) is 38.5. The Morgan fingerprint density at radius 3 is 0.898 bits per heavy atom. The Morgan fingerprint density at radius 1 is 0.296 bits per heavy atom. The lowest BCUT2D eigenvalue weighted by molar-refractivity contribution is -0.161. The van der Waals surface area contributed by atoms with Crippen molar-refractivity contribution in [3.63, 3.8) is 0 Å². The number of phosphoric ester groups is 2. The summed E-state index contributed by atoms with van der Waals surface area (Å²) in [7, 11) is -9.97. The van der Waals surface area contributed by atoms with Crippen LogP contribution >= 0.6 is 15.6 Å². The number of hydrogen-bond donors (Lipinski definition) is 3. The van der Waals surface area contributed by atoms with Crippen molar-refractivity contribution in [1.82, 2.24) is 0 Å². The zero-order valence-electron chi connectivity index (χ0n) is 61.7. The molecule has 0 aromatic heterocycles. The van der Waals surface area contributed by atoms with Gasteiger partial charge < -0.3 is 33.8 Å². The van der Waals surface area contributed by atoms with Crippen molar-refractivity contribution in [2.75, 3.05) is 39.6 Å². The summed E-state index contributed by atoms with van der Waals surface area (Å²) >= 11 is 0. The summed E-state index contributed by atoms with van der Waals surface area (Å²) in [5.74, 6) is -2.27. The highest BCUT2D eigenvalue weighted by Crippen LogP contribution is 2.45. The molecule has 0 heterocycles. The van der Waals surface area contributed by atoms with Crippen LogP contribution in [0.15, 0.2) is 97.2 Å². The number of aliphatic hydroxyl groups is 1. The molecule has 0 aromatic carbocycles. The van der Waals surface area contributed by atoms with E-state index in [0.29, 0.717) is 32.1 Å². The minimum atomic E-state index is -4.99. The first-order valence-corrected chi connectivity index (χ1v) is 41.5. The van der Waals surface area contributed by atoms with E-state index in [1.807, 2.05) is 12.2 Å². The summed E-state index contributed by atoms with van der Waals surface area (Å²) < 4.78 is 68.4. The van der Waals surface area contributed by atoms with Gasteiger partial charge in [0.15, 0.2) is 12.2 Å². The van der Waals surface area contributed by atoms with Crippen molar-refractivity contribution in [2.24, 2.45) is 0 Å². The molecule has 0 aliphatic carbocycles. The second-order valence-corrected chi connectivity index (χ2v) is 28.5. The number of rotatable bonds is 72. The summed E-state index contributed by atoms with van der Waals surface area (Å²) in [6.45, 7) is 4.71. The van der Waals surface area contributed by atoms with E-state index in [2.05, 4.69) is 113 Å². The number of carbonyl (C=O) groups is 4. The number of aliphatic hydroxyl groups excluding tert-OH is 1. The van der Waals surface area contributed by atoms with Crippen LogP contribution in [0.25, 0.3) is 0 Å². The molecule has 0 radical (unpaired) electrons. The van der Waals surface area contributed by atoms with Crippen LogP contribution < -0.4 is 0 Å². The van der Waals surface area contributed by atoms with E-state index in [4.69, 9.17) is 37.0 Å². The molecule has 5 atom stereocenters. The molecule has 0 aliphatic rings. The van der Waals surface area contributed by atoms with Crippen LogP contribution in [0.3, 0.4) is 0 Å². The predicted octanol–water partition coefficient (Wildman–Crippen LogP) is 22.0. The summed E-state index contributed by atoms with van der Waals surface area (Å²) in [4.78, 5) is 72.8. The Kier molecular flexibility index (Phi) is 68.4. The smallest absolute Gasteiger partial charge is 0.462 e. The third-order valence-electron chi connectivity index (χ3n) is 16.0. The highest BCUT2D eigenvalue weighted by Gasteiger charge is 2.30. The summed E-state index contributed by atoms with van der Waals surface area (Å²) in [6, 6.07) is 0. The molecular formula is C79H138O17P2. The molecule has 2 unspecified atom stereocenters. The maximum Gasteiger partial charge on any atom is 0.472 e. The van der Waals surface area contributed by atoms with Gasteiger partial charge in [0.25, 0.3) is 0 Å². The van der Waals surface area contributed by atoms with E-state index in [9.17, 15) is 43.2 Å². The van der Waals surface area contributed by atoms with Crippen molar-refractivity contribution in [3.8, 4) is 0 Å². The third-order valence-corrected chi connectivity index (χ3v) is 17.9. The second-order valence-electron chi connectivity index (χ2n) is 25.6. The average molecular weight is 1420 g/mol. The Bertz CT molecular complexity index is 2240. The summed E-state index contributed by atoms with van der Waals surface area (Å²) in [5, 5.41) is 10.6. The molecule has 0 saturated carbocycles. The van der Waals surface area contributed by atoms with Crippen LogP contribution in [0.1, 0.15) is 323 Å². The van der Waals surface area contributed by atoms with Crippen LogP contribution in [0.4, 0.5) is 0 Å². The molecular weight excluding hydrogens is 1280 g/mol.